The molecule has 1 spiro atoms. The molecule has 6 bridgehead atoms. The predicted octanol–water partition coefficient (Wildman–Crippen LogP) is 4.84. The van der Waals surface area contributed by atoms with Crippen LogP contribution in [0.2, 0.25) is 0 Å². The van der Waals surface area contributed by atoms with Crippen molar-refractivity contribution in [1.82, 2.24) is 0 Å². The molecule has 27 heavy (non-hydrogen) atoms. The van der Waals surface area contributed by atoms with Crippen LogP contribution in [0.25, 0.3) is 0 Å². The second-order valence-corrected chi connectivity index (χ2v) is 10.4. The first-order valence-corrected chi connectivity index (χ1v) is 11.2. The van der Waals surface area contributed by atoms with Gasteiger partial charge < -0.3 is 9.84 Å². The summed E-state index contributed by atoms with van der Waals surface area (Å²) in [6.45, 7) is 4.95. The first kappa shape index (κ1) is 19.5. The Morgan fingerprint density at radius 1 is 0.963 bits per heavy atom. The predicted molar refractivity (Wildman–Crippen MR) is 107 cm³/mol. The van der Waals surface area contributed by atoms with Gasteiger partial charge in [0.1, 0.15) is 0 Å². The van der Waals surface area contributed by atoms with E-state index in [2.05, 4.69) is 11.3 Å². The van der Waals surface area contributed by atoms with Crippen molar-refractivity contribution in [2.24, 2.45) is 52.8 Å². The lowest BCUT2D eigenvalue weighted by Gasteiger charge is -2.49. The number of carbonyl (C=O) groups excluding carboxylic acids is 1. The first-order valence-electron chi connectivity index (χ1n) is 11.2. The average Bonchev–Trinajstić information content (AvgIpc) is 3.49. The molecule has 3 nitrogen and oxygen atoms in total. The van der Waals surface area contributed by atoms with E-state index in [1.807, 2.05) is 0 Å². The molecular formula is C24H38O3. The molecule has 6 fully saturated rings. The van der Waals surface area contributed by atoms with Crippen molar-refractivity contribution in [2.75, 3.05) is 14.2 Å². The van der Waals surface area contributed by atoms with E-state index in [1.165, 1.54) is 54.5 Å². The minimum absolute atomic E-state index is 0.347. The molecular weight excluding hydrogens is 336 g/mol. The van der Waals surface area contributed by atoms with Gasteiger partial charge in [0.25, 0.3) is 0 Å². The normalized spacial score (nSPS) is 49.3. The molecule has 9 atom stereocenters. The van der Waals surface area contributed by atoms with Crippen molar-refractivity contribution in [3.05, 3.63) is 12.2 Å². The molecule has 0 aromatic heterocycles. The molecule has 0 amide bonds. The fourth-order valence-corrected chi connectivity index (χ4v) is 9.16. The van der Waals surface area contributed by atoms with E-state index in [1.54, 1.807) is 64.7 Å². The number of fused-ring (bicyclic) bond motifs is 13. The number of aliphatic hydroxyl groups excluding tert-OH is 1. The summed E-state index contributed by atoms with van der Waals surface area (Å²) < 4.78 is 4.27. The van der Waals surface area contributed by atoms with E-state index >= 15 is 0 Å². The quantitative estimate of drug-likeness (QED) is 0.406. The van der Waals surface area contributed by atoms with Crippen molar-refractivity contribution in [3.8, 4) is 0 Å². The molecule has 0 saturated heterocycles. The average molecular weight is 375 g/mol. The molecule has 0 radical (unpaired) electrons. The zero-order valence-electron chi connectivity index (χ0n) is 17.5. The van der Waals surface area contributed by atoms with Crippen LogP contribution in [0.15, 0.2) is 12.2 Å². The van der Waals surface area contributed by atoms with Crippen molar-refractivity contribution in [1.29, 1.82) is 0 Å². The number of ether oxygens (including phenoxy) is 1. The van der Waals surface area contributed by atoms with Gasteiger partial charge in [-0.2, -0.15) is 0 Å². The Hall–Kier alpha value is -0.830. The number of rotatable bonds is 1. The summed E-state index contributed by atoms with van der Waals surface area (Å²) in [6.07, 6.45) is 14.8. The van der Waals surface area contributed by atoms with Crippen LogP contribution in [0.4, 0.5) is 0 Å². The molecule has 6 saturated carbocycles. The zero-order chi connectivity index (χ0) is 19.3. The van der Waals surface area contributed by atoms with Gasteiger partial charge in [-0.3, -0.25) is 0 Å². The topological polar surface area (TPSA) is 46.5 Å². The van der Waals surface area contributed by atoms with Gasteiger partial charge in [-0.15, -0.1) is 0 Å². The summed E-state index contributed by atoms with van der Waals surface area (Å²) in [5.74, 6) is 9.31. The molecule has 0 aromatic carbocycles. The monoisotopic (exact) mass is 374 g/mol. The van der Waals surface area contributed by atoms with Crippen LogP contribution in [-0.2, 0) is 9.53 Å². The number of hydrogen-bond donors (Lipinski definition) is 1. The SMILES string of the molecule is C1CC2CC1CC21CC2CC1C1C3CCC(C3)C21.C=C(C)C(=O)OC.CO. The Morgan fingerprint density at radius 3 is 2.19 bits per heavy atom. The van der Waals surface area contributed by atoms with Gasteiger partial charge >= 0.3 is 5.97 Å². The number of hydrogen-bond acceptors (Lipinski definition) is 3. The summed E-state index contributed by atoms with van der Waals surface area (Å²) in [4.78, 5) is 10.2. The molecule has 6 aliphatic rings. The van der Waals surface area contributed by atoms with E-state index < -0.39 is 0 Å². The Bertz CT molecular complexity index is 598. The molecule has 6 aliphatic carbocycles. The van der Waals surface area contributed by atoms with Crippen LogP contribution < -0.4 is 0 Å². The largest absolute Gasteiger partial charge is 0.466 e. The van der Waals surface area contributed by atoms with Crippen molar-refractivity contribution in [2.45, 2.75) is 64.7 Å². The Balaban J connectivity index is 0.000000174. The van der Waals surface area contributed by atoms with Gasteiger partial charge in [0, 0.05) is 12.7 Å². The van der Waals surface area contributed by atoms with Gasteiger partial charge in [-0.1, -0.05) is 13.0 Å². The maximum atomic E-state index is 10.2. The fraction of sp³-hybridized carbons (Fsp3) is 0.875. The standard InChI is InChI=1S/C18H26.C5H8O2.CH4O/c1-4-14-5-10(1)8-18(14)9-13-7-15(18)17-12-3-2-11(6-12)16(13)17;1-4(2)5(6)7-3;1-2/h10-17H,1-9H2;1H2,2-3H3;2H,1H3. The Labute approximate surface area is 164 Å². The zero-order valence-corrected chi connectivity index (χ0v) is 17.5. The second-order valence-electron chi connectivity index (χ2n) is 10.4. The Morgan fingerprint density at radius 2 is 1.67 bits per heavy atom. The number of carbonyl (C=O) groups is 1. The summed E-state index contributed by atoms with van der Waals surface area (Å²) in [5, 5.41) is 7.00. The van der Waals surface area contributed by atoms with Crippen LogP contribution in [0.5, 0.6) is 0 Å². The minimum Gasteiger partial charge on any atom is -0.466 e. The highest BCUT2D eigenvalue weighted by molar-refractivity contribution is 5.86. The van der Waals surface area contributed by atoms with Gasteiger partial charge in [0.05, 0.1) is 7.11 Å². The van der Waals surface area contributed by atoms with Crippen LogP contribution in [-0.4, -0.2) is 25.3 Å². The Kier molecular flexibility index (Phi) is 5.20. The lowest BCUT2D eigenvalue weighted by molar-refractivity contribution is -0.136. The maximum absolute atomic E-state index is 10.2. The summed E-state index contributed by atoms with van der Waals surface area (Å²) in [5.41, 5.74) is 1.35. The van der Waals surface area contributed by atoms with Gasteiger partial charge in [0.15, 0.2) is 0 Å². The highest BCUT2D eigenvalue weighted by Crippen LogP contribution is 2.77. The van der Waals surface area contributed by atoms with Crippen LogP contribution in [0.1, 0.15) is 64.7 Å². The number of esters is 1. The lowest BCUT2D eigenvalue weighted by Crippen LogP contribution is -2.42. The van der Waals surface area contributed by atoms with Gasteiger partial charge in [0.2, 0.25) is 0 Å². The van der Waals surface area contributed by atoms with E-state index in [-0.39, 0.29) is 5.97 Å². The summed E-state index contributed by atoms with van der Waals surface area (Å²) >= 11 is 0. The van der Waals surface area contributed by atoms with E-state index in [9.17, 15) is 4.79 Å². The molecule has 1 N–H and O–H groups in total. The van der Waals surface area contributed by atoms with Gasteiger partial charge in [-0.05, 0) is 111 Å². The van der Waals surface area contributed by atoms with E-state index in [0.29, 0.717) is 5.57 Å². The third-order valence-corrected chi connectivity index (χ3v) is 9.55. The highest BCUT2D eigenvalue weighted by atomic mass is 16.5. The molecule has 6 rings (SSSR count). The van der Waals surface area contributed by atoms with Gasteiger partial charge in [-0.25, -0.2) is 4.79 Å². The third kappa shape index (κ3) is 2.82. The number of aliphatic hydroxyl groups is 1. The van der Waals surface area contributed by atoms with Crippen molar-refractivity contribution >= 4 is 5.97 Å². The molecule has 0 aromatic rings. The van der Waals surface area contributed by atoms with E-state index in [0.717, 1.165) is 12.5 Å². The first-order chi connectivity index (χ1) is 13.0. The van der Waals surface area contributed by atoms with Crippen LogP contribution >= 0.6 is 0 Å². The minimum atomic E-state index is -0.347. The summed E-state index contributed by atoms with van der Waals surface area (Å²) in [6, 6.07) is 0. The van der Waals surface area contributed by atoms with Crippen LogP contribution in [0, 0.1) is 52.8 Å². The lowest BCUT2D eigenvalue weighted by atomic mass is 9.56. The molecule has 3 heteroatoms. The fourth-order valence-electron chi connectivity index (χ4n) is 9.16. The molecule has 0 heterocycles. The number of methoxy groups -OCH3 is 1. The van der Waals surface area contributed by atoms with E-state index in [4.69, 9.17) is 5.11 Å². The second kappa shape index (κ2) is 7.21. The van der Waals surface area contributed by atoms with Crippen molar-refractivity contribution in [3.63, 3.8) is 0 Å². The molecule has 0 aliphatic heterocycles. The van der Waals surface area contributed by atoms with Crippen molar-refractivity contribution < 1.29 is 14.6 Å². The third-order valence-electron chi connectivity index (χ3n) is 9.55. The summed E-state index contributed by atoms with van der Waals surface area (Å²) in [7, 11) is 2.33. The highest BCUT2D eigenvalue weighted by Gasteiger charge is 2.70. The molecule has 152 valence electrons. The van der Waals surface area contributed by atoms with Crippen LogP contribution in [0.3, 0.4) is 0 Å². The smallest absolute Gasteiger partial charge is 0.332 e. The molecule has 9 unspecified atom stereocenters. The maximum Gasteiger partial charge on any atom is 0.332 e.